The molecule has 86 valence electrons. The Kier molecular flexibility index (Phi) is 5.68. The molecule has 2 nitrogen and oxygen atoms in total. The van der Waals surface area contributed by atoms with Crippen LogP contribution in [-0.2, 0) is 4.74 Å². The van der Waals surface area contributed by atoms with Crippen LogP contribution in [0.3, 0.4) is 0 Å². The number of hydrogen-bond donors (Lipinski definition) is 1. The standard InChI is InChI=1S/C12H27NO/c1-9(2)11(4)13-10(3)8-12(5,6)14-7/h9-11,13H,8H2,1-7H3/t10-,11+/m0/s1. The lowest BCUT2D eigenvalue weighted by molar-refractivity contribution is 0.00741. The van der Waals surface area contributed by atoms with Crippen LogP contribution < -0.4 is 5.32 Å². The summed E-state index contributed by atoms with van der Waals surface area (Å²) in [5.74, 6) is 0.683. The van der Waals surface area contributed by atoms with Crippen molar-refractivity contribution in [1.29, 1.82) is 0 Å². The normalized spacial score (nSPS) is 17.1. The number of ether oxygens (including phenoxy) is 1. The van der Waals surface area contributed by atoms with Crippen molar-refractivity contribution in [3.8, 4) is 0 Å². The minimum absolute atomic E-state index is 0.0247. The largest absolute Gasteiger partial charge is 0.379 e. The summed E-state index contributed by atoms with van der Waals surface area (Å²) >= 11 is 0. The molecule has 0 aliphatic heterocycles. The third-order valence-corrected chi connectivity index (χ3v) is 2.90. The fourth-order valence-electron chi connectivity index (χ4n) is 1.52. The van der Waals surface area contributed by atoms with Gasteiger partial charge in [-0.25, -0.2) is 0 Å². The highest BCUT2D eigenvalue weighted by Crippen LogP contribution is 2.16. The van der Waals surface area contributed by atoms with Crippen LogP contribution in [0.2, 0.25) is 0 Å². The van der Waals surface area contributed by atoms with E-state index in [9.17, 15) is 0 Å². The van der Waals surface area contributed by atoms with Crippen molar-refractivity contribution in [1.82, 2.24) is 5.32 Å². The van der Waals surface area contributed by atoms with Gasteiger partial charge in [-0.15, -0.1) is 0 Å². The summed E-state index contributed by atoms with van der Waals surface area (Å²) in [5.41, 5.74) is -0.0247. The summed E-state index contributed by atoms with van der Waals surface area (Å²) in [5, 5.41) is 3.59. The zero-order valence-corrected chi connectivity index (χ0v) is 10.8. The Bertz CT molecular complexity index is 154. The smallest absolute Gasteiger partial charge is 0.0637 e. The highest BCUT2D eigenvalue weighted by atomic mass is 16.5. The van der Waals surface area contributed by atoms with Crippen LogP contribution >= 0.6 is 0 Å². The van der Waals surface area contributed by atoms with Crippen LogP contribution in [0, 0.1) is 5.92 Å². The van der Waals surface area contributed by atoms with Gasteiger partial charge >= 0.3 is 0 Å². The van der Waals surface area contributed by atoms with Crippen molar-refractivity contribution in [2.45, 2.75) is 65.6 Å². The molecule has 0 unspecified atom stereocenters. The Labute approximate surface area is 89.4 Å². The molecule has 0 amide bonds. The molecule has 0 radical (unpaired) electrons. The first-order valence-electron chi connectivity index (χ1n) is 5.59. The van der Waals surface area contributed by atoms with E-state index in [4.69, 9.17) is 4.74 Å². The molecule has 2 heteroatoms. The highest BCUT2D eigenvalue weighted by Gasteiger charge is 2.21. The van der Waals surface area contributed by atoms with Crippen molar-refractivity contribution >= 4 is 0 Å². The zero-order chi connectivity index (χ0) is 11.4. The zero-order valence-electron chi connectivity index (χ0n) is 10.8. The summed E-state index contributed by atoms with van der Waals surface area (Å²) in [7, 11) is 1.78. The molecule has 0 fully saturated rings. The van der Waals surface area contributed by atoms with E-state index in [-0.39, 0.29) is 5.60 Å². The average Bonchev–Trinajstić information content (AvgIpc) is 2.02. The Balaban J connectivity index is 3.92. The summed E-state index contributed by atoms with van der Waals surface area (Å²) in [6.45, 7) is 13.2. The number of methoxy groups -OCH3 is 1. The van der Waals surface area contributed by atoms with Gasteiger partial charge in [-0.2, -0.15) is 0 Å². The lowest BCUT2D eigenvalue weighted by atomic mass is 9.98. The molecule has 14 heavy (non-hydrogen) atoms. The van der Waals surface area contributed by atoms with Gasteiger partial charge in [0.15, 0.2) is 0 Å². The maximum Gasteiger partial charge on any atom is 0.0637 e. The van der Waals surface area contributed by atoms with Gasteiger partial charge in [0.25, 0.3) is 0 Å². The van der Waals surface area contributed by atoms with Crippen molar-refractivity contribution in [2.75, 3.05) is 7.11 Å². The average molecular weight is 201 g/mol. The molecular formula is C12H27NO. The van der Waals surface area contributed by atoms with Gasteiger partial charge in [-0.3, -0.25) is 0 Å². The molecule has 0 aromatic rings. The van der Waals surface area contributed by atoms with Crippen molar-refractivity contribution in [2.24, 2.45) is 5.92 Å². The molecule has 0 aromatic heterocycles. The minimum atomic E-state index is -0.0247. The van der Waals surface area contributed by atoms with Gasteiger partial charge in [-0.05, 0) is 40.0 Å². The second-order valence-corrected chi connectivity index (χ2v) is 5.27. The van der Waals surface area contributed by atoms with Crippen LogP contribution in [0.5, 0.6) is 0 Å². The van der Waals surface area contributed by atoms with Gasteiger partial charge < -0.3 is 10.1 Å². The van der Waals surface area contributed by atoms with Crippen LogP contribution in [0.1, 0.15) is 48.0 Å². The van der Waals surface area contributed by atoms with Crippen molar-refractivity contribution in [3.05, 3.63) is 0 Å². The van der Waals surface area contributed by atoms with Crippen LogP contribution in [-0.4, -0.2) is 24.8 Å². The third kappa shape index (κ3) is 5.61. The number of nitrogens with one attached hydrogen (secondary N) is 1. The summed E-state index contributed by atoms with van der Waals surface area (Å²) in [6, 6.07) is 1.07. The second kappa shape index (κ2) is 5.72. The molecule has 0 aromatic carbocycles. The number of hydrogen-bond acceptors (Lipinski definition) is 2. The van der Waals surface area contributed by atoms with Crippen LogP contribution in [0.15, 0.2) is 0 Å². The maximum atomic E-state index is 5.41. The van der Waals surface area contributed by atoms with E-state index < -0.39 is 0 Å². The first kappa shape index (κ1) is 13.9. The summed E-state index contributed by atoms with van der Waals surface area (Å²) < 4.78 is 5.41. The Morgan fingerprint density at radius 1 is 1.14 bits per heavy atom. The summed E-state index contributed by atoms with van der Waals surface area (Å²) in [4.78, 5) is 0. The van der Waals surface area contributed by atoms with Gasteiger partial charge in [0, 0.05) is 19.2 Å². The van der Waals surface area contributed by atoms with Gasteiger partial charge in [0.1, 0.15) is 0 Å². The molecule has 0 spiro atoms. The first-order valence-corrected chi connectivity index (χ1v) is 5.59. The predicted molar refractivity (Wildman–Crippen MR) is 62.6 cm³/mol. The van der Waals surface area contributed by atoms with E-state index in [1.54, 1.807) is 7.11 Å². The van der Waals surface area contributed by atoms with E-state index in [0.717, 1.165) is 6.42 Å². The molecular weight excluding hydrogens is 174 g/mol. The SMILES string of the molecule is COC(C)(C)C[C@H](C)N[C@H](C)C(C)C. The second-order valence-electron chi connectivity index (χ2n) is 5.27. The van der Waals surface area contributed by atoms with E-state index >= 15 is 0 Å². The molecule has 0 heterocycles. The van der Waals surface area contributed by atoms with Gasteiger partial charge in [0.05, 0.1) is 5.60 Å². The monoisotopic (exact) mass is 201 g/mol. The Hall–Kier alpha value is -0.0800. The van der Waals surface area contributed by atoms with E-state index in [1.807, 2.05) is 0 Å². The fraction of sp³-hybridized carbons (Fsp3) is 1.00. The van der Waals surface area contributed by atoms with E-state index in [0.29, 0.717) is 18.0 Å². The molecule has 0 saturated carbocycles. The van der Waals surface area contributed by atoms with E-state index in [2.05, 4.69) is 46.9 Å². The Morgan fingerprint density at radius 2 is 1.64 bits per heavy atom. The third-order valence-electron chi connectivity index (χ3n) is 2.90. The molecule has 0 rings (SSSR count). The van der Waals surface area contributed by atoms with Crippen LogP contribution in [0.25, 0.3) is 0 Å². The fourth-order valence-corrected chi connectivity index (χ4v) is 1.52. The van der Waals surface area contributed by atoms with Crippen molar-refractivity contribution < 1.29 is 4.74 Å². The minimum Gasteiger partial charge on any atom is -0.379 e. The van der Waals surface area contributed by atoms with Gasteiger partial charge in [0.2, 0.25) is 0 Å². The lowest BCUT2D eigenvalue weighted by Gasteiger charge is -2.30. The van der Waals surface area contributed by atoms with Crippen molar-refractivity contribution in [3.63, 3.8) is 0 Å². The van der Waals surface area contributed by atoms with Crippen LogP contribution in [0.4, 0.5) is 0 Å². The maximum absolute atomic E-state index is 5.41. The molecule has 2 atom stereocenters. The molecule has 1 N–H and O–H groups in total. The molecule has 0 saturated heterocycles. The molecule has 0 bridgehead atoms. The highest BCUT2D eigenvalue weighted by molar-refractivity contribution is 4.78. The predicted octanol–water partition coefficient (Wildman–Crippen LogP) is 2.82. The molecule has 0 aliphatic rings. The van der Waals surface area contributed by atoms with E-state index in [1.165, 1.54) is 0 Å². The molecule has 0 aliphatic carbocycles. The topological polar surface area (TPSA) is 21.3 Å². The quantitative estimate of drug-likeness (QED) is 0.713. The Morgan fingerprint density at radius 3 is 2.00 bits per heavy atom. The lowest BCUT2D eigenvalue weighted by Crippen LogP contribution is -2.42. The van der Waals surface area contributed by atoms with Gasteiger partial charge in [-0.1, -0.05) is 13.8 Å². The first-order chi connectivity index (χ1) is 6.28. The summed E-state index contributed by atoms with van der Waals surface area (Å²) in [6.07, 6.45) is 1.04. The number of rotatable bonds is 6.